The Labute approximate surface area is 108 Å². The second-order valence-electron chi connectivity index (χ2n) is 4.36. The number of nitrogens with zero attached hydrogens (tertiary/aromatic N) is 2. The van der Waals surface area contributed by atoms with Gasteiger partial charge in [0.25, 0.3) is 0 Å². The molecule has 0 fully saturated rings. The maximum Gasteiger partial charge on any atom is 0.0825 e. The van der Waals surface area contributed by atoms with Crippen molar-refractivity contribution in [1.29, 1.82) is 0 Å². The van der Waals surface area contributed by atoms with Crippen molar-refractivity contribution in [3.63, 3.8) is 0 Å². The van der Waals surface area contributed by atoms with Crippen LogP contribution in [0.25, 0.3) is 0 Å². The highest BCUT2D eigenvalue weighted by molar-refractivity contribution is 5.46. The summed E-state index contributed by atoms with van der Waals surface area (Å²) in [6.07, 6.45) is 1.99. The van der Waals surface area contributed by atoms with E-state index in [0.29, 0.717) is 6.61 Å². The summed E-state index contributed by atoms with van der Waals surface area (Å²) in [7, 11) is 3.65. The summed E-state index contributed by atoms with van der Waals surface area (Å²) >= 11 is 0. The third-order valence-corrected chi connectivity index (χ3v) is 2.90. The molecule has 0 aliphatic heterocycles. The van der Waals surface area contributed by atoms with Gasteiger partial charge in [-0.2, -0.15) is 5.10 Å². The Morgan fingerprint density at radius 2 is 2.00 bits per heavy atom. The van der Waals surface area contributed by atoms with Gasteiger partial charge in [0, 0.05) is 26.9 Å². The van der Waals surface area contributed by atoms with Gasteiger partial charge in [-0.25, -0.2) is 0 Å². The molecule has 1 N–H and O–H groups in total. The first-order chi connectivity index (χ1) is 8.70. The molecule has 96 valence electrons. The van der Waals surface area contributed by atoms with Crippen LogP contribution in [0, 0.1) is 6.92 Å². The molecule has 0 amide bonds. The molecule has 1 heterocycles. The Bertz CT molecular complexity index is 520. The minimum Gasteiger partial charge on any atom is -0.380 e. The lowest BCUT2D eigenvalue weighted by molar-refractivity contribution is 0.184. The topological polar surface area (TPSA) is 39.1 Å². The van der Waals surface area contributed by atoms with Crippen molar-refractivity contribution in [2.45, 2.75) is 20.1 Å². The van der Waals surface area contributed by atoms with Crippen LogP contribution >= 0.6 is 0 Å². The van der Waals surface area contributed by atoms with Gasteiger partial charge in [0.15, 0.2) is 0 Å². The van der Waals surface area contributed by atoms with E-state index in [4.69, 9.17) is 4.74 Å². The third-order valence-electron chi connectivity index (χ3n) is 2.90. The Morgan fingerprint density at radius 1 is 1.28 bits per heavy atom. The van der Waals surface area contributed by atoms with Crippen LogP contribution in [0.15, 0.2) is 30.5 Å². The maximum absolute atomic E-state index is 5.20. The van der Waals surface area contributed by atoms with E-state index >= 15 is 0 Å². The maximum atomic E-state index is 5.20. The van der Waals surface area contributed by atoms with Gasteiger partial charge in [0.1, 0.15) is 0 Å². The van der Waals surface area contributed by atoms with E-state index in [1.807, 2.05) is 37.0 Å². The van der Waals surface area contributed by atoms with Crippen molar-refractivity contribution < 1.29 is 4.74 Å². The molecule has 4 heteroatoms. The monoisotopic (exact) mass is 245 g/mol. The van der Waals surface area contributed by atoms with Crippen molar-refractivity contribution in [3.05, 3.63) is 47.3 Å². The Hall–Kier alpha value is -1.81. The molecule has 1 aromatic carbocycles. The normalized spacial score (nSPS) is 10.6. The molecule has 18 heavy (non-hydrogen) atoms. The summed E-state index contributed by atoms with van der Waals surface area (Å²) < 4.78 is 7.02. The van der Waals surface area contributed by atoms with Crippen molar-refractivity contribution in [3.8, 4) is 0 Å². The summed E-state index contributed by atoms with van der Waals surface area (Å²) in [5.74, 6) is 0. The summed E-state index contributed by atoms with van der Waals surface area (Å²) in [5, 5.41) is 7.72. The Balaban J connectivity index is 2.08. The zero-order chi connectivity index (χ0) is 13.0. The molecule has 0 aliphatic rings. The Morgan fingerprint density at radius 3 is 2.61 bits per heavy atom. The number of methoxy groups -OCH3 is 1. The Kier molecular flexibility index (Phi) is 3.99. The van der Waals surface area contributed by atoms with E-state index in [-0.39, 0.29) is 0 Å². The van der Waals surface area contributed by atoms with Crippen LogP contribution in [-0.2, 0) is 24.9 Å². The molecule has 2 aromatic rings. The predicted octanol–water partition coefficient (Wildman–Crippen LogP) is 2.49. The van der Waals surface area contributed by atoms with Gasteiger partial charge < -0.3 is 10.1 Å². The molecular weight excluding hydrogens is 226 g/mol. The highest BCUT2D eigenvalue weighted by Gasteiger charge is 2.04. The lowest BCUT2D eigenvalue weighted by atomic mass is 10.1. The van der Waals surface area contributed by atoms with E-state index < -0.39 is 0 Å². The van der Waals surface area contributed by atoms with Gasteiger partial charge >= 0.3 is 0 Å². The number of hydrogen-bond acceptors (Lipinski definition) is 3. The van der Waals surface area contributed by atoms with E-state index in [2.05, 4.69) is 22.5 Å². The number of nitrogens with one attached hydrogen (secondary N) is 1. The second kappa shape index (κ2) is 5.69. The average molecular weight is 245 g/mol. The average Bonchev–Trinajstić information content (AvgIpc) is 2.67. The van der Waals surface area contributed by atoms with Crippen LogP contribution in [0.2, 0.25) is 0 Å². The first-order valence-corrected chi connectivity index (χ1v) is 6.00. The van der Waals surface area contributed by atoms with Gasteiger partial charge in [-0.3, -0.25) is 4.68 Å². The molecule has 1 aromatic heterocycles. The summed E-state index contributed by atoms with van der Waals surface area (Å²) in [4.78, 5) is 0. The van der Waals surface area contributed by atoms with Gasteiger partial charge in [0.05, 0.1) is 18.0 Å². The van der Waals surface area contributed by atoms with Crippen LogP contribution in [-0.4, -0.2) is 16.9 Å². The number of aryl methyl sites for hydroxylation is 2. The molecule has 0 saturated heterocycles. The zero-order valence-electron chi connectivity index (χ0n) is 11.1. The minimum atomic E-state index is 0.643. The molecule has 0 aliphatic carbocycles. The lowest BCUT2D eigenvalue weighted by Crippen LogP contribution is -2.03. The minimum absolute atomic E-state index is 0.643. The zero-order valence-corrected chi connectivity index (χ0v) is 11.1. The fourth-order valence-electron chi connectivity index (χ4n) is 1.99. The van der Waals surface area contributed by atoms with Crippen LogP contribution < -0.4 is 5.32 Å². The molecule has 0 saturated carbocycles. The fourth-order valence-corrected chi connectivity index (χ4v) is 1.99. The number of aromatic nitrogens is 2. The van der Waals surface area contributed by atoms with Crippen LogP contribution in [0.3, 0.4) is 0 Å². The highest BCUT2D eigenvalue weighted by atomic mass is 16.5. The van der Waals surface area contributed by atoms with Gasteiger partial charge in [-0.15, -0.1) is 0 Å². The van der Waals surface area contributed by atoms with Gasteiger partial charge in [-0.05, 0) is 18.1 Å². The van der Waals surface area contributed by atoms with E-state index in [1.165, 1.54) is 11.1 Å². The van der Waals surface area contributed by atoms with Gasteiger partial charge in [-0.1, -0.05) is 24.3 Å². The summed E-state index contributed by atoms with van der Waals surface area (Å²) in [6.45, 7) is 3.43. The number of ether oxygens (including phenoxy) is 1. The molecule has 0 atom stereocenters. The number of benzene rings is 1. The first kappa shape index (κ1) is 12.6. The van der Waals surface area contributed by atoms with Gasteiger partial charge in [0.2, 0.25) is 0 Å². The molecule has 0 unspecified atom stereocenters. The molecule has 4 nitrogen and oxygen atoms in total. The second-order valence-corrected chi connectivity index (χ2v) is 4.36. The molecule has 2 rings (SSSR count). The van der Waals surface area contributed by atoms with Crippen molar-refractivity contribution in [1.82, 2.24) is 9.78 Å². The highest BCUT2D eigenvalue weighted by Crippen LogP contribution is 2.15. The van der Waals surface area contributed by atoms with Crippen molar-refractivity contribution >= 4 is 5.69 Å². The van der Waals surface area contributed by atoms with E-state index in [9.17, 15) is 0 Å². The standard InChI is InChI=1S/C14H19N3O/c1-11-14(9-17(2)16-11)15-8-12-6-4-5-7-13(12)10-18-3/h4-7,9,15H,8,10H2,1-3H3. The summed E-state index contributed by atoms with van der Waals surface area (Å²) in [6, 6.07) is 8.29. The summed E-state index contributed by atoms with van der Waals surface area (Å²) in [5.41, 5.74) is 4.56. The van der Waals surface area contributed by atoms with Crippen LogP contribution in [0.4, 0.5) is 5.69 Å². The first-order valence-electron chi connectivity index (χ1n) is 6.00. The molecule has 0 spiro atoms. The van der Waals surface area contributed by atoms with Crippen LogP contribution in [0.5, 0.6) is 0 Å². The quantitative estimate of drug-likeness (QED) is 0.879. The lowest BCUT2D eigenvalue weighted by Gasteiger charge is -2.10. The van der Waals surface area contributed by atoms with Crippen LogP contribution in [0.1, 0.15) is 16.8 Å². The largest absolute Gasteiger partial charge is 0.380 e. The number of anilines is 1. The fraction of sp³-hybridized carbons (Fsp3) is 0.357. The predicted molar refractivity (Wildman–Crippen MR) is 72.4 cm³/mol. The SMILES string of the molecule is COCc1ccccc1CNc1cn(C)nc1C. The molecule has 0 radical (unpaired) electrons. The van der Waals surface area contributed by atoms with E-state index in [1.54, 1.807) is 7.11 Å². The third kappa shape index (κ3) is 2.90. The number of hydrogen-bond donors (Lipinski definition) is 1. The number of rotatable bonds is 5. The van der Waals surface area contributed by atoms with Crippen molar-refractivity contribution in [2.24, 2.45) is 7.05 Å². The molecular formula is C14H19N3O. The molecule has 0 bridgehead atoms. The van der Waals surface area contributed by atoms with Crippen molar-refractivity contribution in [2.75, 3.05) is 12.4 Å². The van der Waals surface area contributed by atoms with E-state index in [0.717, 1.165) is 17.9 Å². The smallest absolute Gasteiger partial charge is 0.0825 e.